The van der Waals surface area contributed by atoms with Crippen LogP contribution in [0.1, 0.15) is 40.5 Å². The first-order chi connectivity index (χ1) is 6.99. The summed E-state index contributed by atoms with van der Waals surface area (Å²) >= 11 is 0. The van der Waals surface area contributed by atoms with Gasteiger partial charge < -0.3 is 15.4 Å². The Balaban J connectivity index is 3.52. The molecule has 0 aliphatic carbocycles. The van der Waals surface area contributed by atoms with Crippen molar-refractivity contribution >= 4 is 0 Å². The van der Waals surface area contributed by atoms with Crippen molar-refractivity contribution in [2.24, 2.45) is 5.73 Å². The van der Waals surface area contributed by atoms with E-state index in [0.29, 0.717) is 0 Å². The molecule has 0 radical (unpaired) electrons. The van der Waals surface area contributed by atoms with Gasteiger partial charge in [-0.25, -0.2) is 0 Å². The number of nitrogens with zero attached hydrogens (tertiary/aromatic N) is 1. The minimum absolute atomic E-state index is 0.0284. The molecule has 3 heteroatoms. The molecule has 0 fully saturated rings. The van der Waals surface area contributed by atoms with Gasteiger partial charge >= 0.3 is 0 Å². The van der Waals surface area contributed by atoms with Gasteiger partial charge in [-0.1, -0.05) is 6.92 Å². The van der Waals surface area contributed by atoms with Crippen LogP contribution in [0.25, 0.3) is 0 Å². The van der Waals surface area contributed by atoms with Gasteiger partial charge in [0, 0.05) is 18.7 Å². The highest BCUT2D eigenvalue weighted by Crippen LogP contribution is 2.07. The van der Waals surface area contributed by atoms with Gasteiger partial charge in [-0.2, -0.15) is 0 Å². The lowest BCUT2D eigenvalue weighted by Crippen LogP contribution is -2.34. The average molecular weight is 216 g/mol. The van der Waals surface area contributed by atoms with Gasteiger partial charge in [-0.15, -0.1) is 0 Å². The molecule has 3 nitrogen and oxygen atoms in total. The van der Waals surface area contributed by atoms with Crippen molar-refractivity contribution in [1.29, 1.82) is 0 Å². The maximum absolute atomic E-state index is 5.94. The van der Waals surface area contributed by atoms with E-state index < -0.39 is 0 Å². The number of hydrogen-bond acceptors (Lipinski definition) is 3. The zero-order chi connectivity index (χ0) is 11.7. The summed E-state index contributed by atoms with van der Waals surface area (Å²) in [5.41, 5.74) is 5.91. The topological polar surface area (TPSA) is 38.5 Å². The number of ether oxygens (including phenoxy) is 1. The number of likely N-dealkylation sites (N-methyl/N-ethyl adjacent to an activating group) is 1. The van der Waals surface area contributed by atoms with E-state index in [1.165, 1.54) is 6.42 Å². The normalized spacial score (nSPS) is 12.4. The summed E-state index contributed by atoms with van der Waals surface area (Å²) in [5.74, 6) is 0. The van der Waals surface area contributed by atoms with Crippen LogP contribution in [-0.4, -0.2) is 43.3 Å². The van der Waals surface area contributed by atoms with Crippen molar-refractivity contribution in [3.05, 3.63) is 0 Å². The minimum atomic E-state index is -0.0284. The molecule has 0 heterocycles. The Kier molecular flexibility index (Phi) is 8.02. The van der Waals surface area contributed by atoms with E-state index in [0.717, 1.165) is 39.3 Å². The minimum Gasteiger partial charge on any atom is -0.380 e. The summed E-state index contributed by atoms with van der Waals surface area (Å²) in [4.78, 5) is 2.42. The fourth-order valence-corrected chi connectivity index (χ4v) is 1.52. The predicted octanol–water partition coefficient (Wildman–Crippen LogP) is 1.86. The zero-order valence-electron chi connectivity index (χ0n) is 10.9. The predicted molar refractivity (Wildman–Crippen MR) is 66.1 cm³/mol. The Hall–Kier alpha value is -0.120. The molecule has 0 aromatic carbocycles. The molecular formula is C12H28N2O. The van der Waals surface area contributed by atoms with Crippen molar-refractivity contribution in [3.63, 3.8) is 0 Å². The summed E-state index contributed by atoms with van der Waals surface area (Å²) in [6, 6.07) is 0. The summed E-state index contributed by atoms with van der Waals surface area (Å²) in [5, 5.41) is 0. The van der Waals surface area contributed by atoms with Gasteiger partial charge in [-0.05, 0) is 46.7 Å². The number of nitrogens with two attached hydrogens (primary N) is 1. The summed E-state index contributed by atoms with van der Waals surface area (Å²) < 4.78 is 5.35. The molecule has 0 unspecified atom stereocenters. The summed E-state index contributed by atoms with van der Waals surface area (Å²) in [7, 11) is 0. The van der Waals surface area contributed by atoms with Crippen LogP contribution in [0, 0.1) is 0 Å². The molecule has 0 saturated carbocycles. The third-order valence-corrected chi connectivity index (χ3v) is 2.50. The van der Waals surface area contributed by atoms with E-state index in [2.05, 4.69) is 25.7 Å². The molecule has 0 spiro atoms. The Morgan fingerprint density at radius 3 is 2.33 bits per heavy atom. The maximum atomic E-state index is 5.94. The van der Waals surface area contributed by atoms with E-state index in [4.69, 9.17) is 10.5 Å². The molecule has 15 heavy (non-hydrogen) atoms. The van der Waals surface area contributed by atoms with Crippen molar-refractivity contribution in [2.45, 2.75) is 46.1 Å². The summed E-state index contributed by atoms with van der Waals surface area (Å²) in [6.45, 7) is 13.3. The van der Waals surface area contributed by atoms with Gasteiger partial charge in [-0.3, -0.25) is 0 Å². The highest BCUT2D eigenvalue weighted by molar-refractivity contribution is 4.72. The smallest absolute Gasteiger partial charge is 0.0593 e. The fraction of sp³-hybridized carbons (Fsp3) is 1.00. The molecule has 0 aliphatic rings. The van der Waals surface area contributed by atoms with Crippen LogP contribution in [0.3, 0.4) is 0 Å². The number of rotatable bonds is 9. The maximum Gasteiger partial charge on any atom is 0.0593 e. The number of hydrogen-bond donors (Lipinski definition) is 1. The highest BCUT2D eigenvalue weighted by atomic mass is 16.5. The quantitative estimate of drug-likeness (QED) is 0.598. The summed E-state index contributed by atoms with van der Waals surface area (Å²) in [6.07, 6.45) is 2.25. The van der Waals surface area contributed by atoms with E-state index >= 15 is 0 Å². The third-order valence-electron chi connectivity index (χ3n) is 2.50. The van der Waals surface area contributed by atoms with Gasteiger partial charge in [0.2, 0.25) is 0 Å². The fourth-order valence-electron chi connectivity index (χ4n) is 1.52. The van der Waals surface area contributed by atoms with Gasteiger partial charge in [0.1, 0.15) is 0 Å². The van der Waals surface area contributed by atoms with Crippen LogP contribution in [0.5, 0.6) is 0 Å². The van der Waals surface area contributed by atoms with Crippen molar-refractivity contribution in [3.8, 4) is 0 Å². The molecule has 0 rings (SSSR count). The Morgan fingerprint density at radius 2 is 1.87 bits per heavy atom. The van der Waals surface area contributed by atoms with Crippen LogP contribution >= 0.6 is 0 Å². The highest BCUT2D eigenvalue weighted by Gasteiger charge is 2.10. The van der Waals surface area contributed by atoms with E-state index in [1.807, 2.05) is 6.92 Å². The average Bonchev–Trinajstić information content (AvgIpc) is 2.14. The van der Waals surface area contributed by atoms with Gasteiger partial charge in [0.15, 0.2) is 0 Å². The van der Waals surface area contributed by atoms with Crippen molar-refractivity contribution in [1.82, 2.24) is 4.90 Å². The molecule has 2 N–H and O–H groups in total. The molecular weight excluding hydrogens is 188 g/mol. The molecule has 0 atom stereocenters. The van der Waals surface area contributed by atoms with E-state index in [1.54, 1.807) is 0 Å². The molecule has 0 bridgehead atoms. The molecule has 0 saturated heterocycles. The Bertz CT molecular complexity index is 143. The van der Waals surface area contributed by atoms with Crippen molar-refractivity contribution in [2.75, 3.05) is 32.8 Å². The van der Waals surface area contributed by atoms with Gasteiger partial charge in [0.25, 0.3) is 0 Å². The van der Waals surface area contributed by atoms with Crippen LogP contribution in [0.2, 0.25) is 0 Å². The second-order valence-electron chi connectivity index (χ2n) is 4.72. The first-order valence-corrected chi connectivity index (χ1v) is 6.08. The molecule has 0 aromatic rings. The lowest BCUT2D eigenvalue weighted by molar-refractivity contribution is 0.114. The van der Waals surface area contributed by atoms with Crippen LogP contribution in [-0.2, 0) is 4.74 Å². The molecule has 0 amide bonds. The molecule has 0 aliphatic heterocycles. The van der Waals surface area contributed by atoms with Crippen LogP contribution in [0.4, 0.5) is 0 Å². The van der Waals surface area contributed by atoms with E-state index in [-0.39, 0.29) is 5.54 Å². The lowest BCUT2D eigenvalue weighted by atomic mass is 10.00. The van der Waals surface area contributed by atoms with Crippen LogP contribution < -0.4 is 5.73 Å². The van der Waals surface area contributed by atoms with Crippen LogP contribution in [0.15, 0.2) is 0 Å². The monoisotopic (exact) mass is 216 g/mol. The van der Waals surface area contributed by atoms with Gasteiger partial charge in [0.05, 0.1) is 6.61 Å². The standard InChI is InChI=1S/C12H28N2O/c1-5-14(10-11-15-6-2)9-7-8-12(3,4)13/h5-11,13H2,1-4H3. The first-order valence-electron chi connectivity index (χ1n) is 6.08. The largest absolute Gasteiger partial charge is 0.380 e. The van der Waals surface area contributed by atoms with Crippen molar-refractivity contribution < 1.29 is 4.74 Å². The first kappa shape index (κ1) is 14.9. The Labute approximate surface area is 95.0 Å². The molecule has 92 valence electrons. The third kappa shape index (κ3) is 10.2. The lowest BCUT2D eigenvalue weighted by Gasteiger charge is -2.23. The Morgan fingerprint density at radius 1 is 1.20 bits per heavy atom. The van der Waals surface area contributed by atoms with E-state index in [9.17, 15) is 0 Å². The second kappa shape index (κ2) is 8.08. The molecule has 0 aromatic heterocycles. The zero-order valence-corrected chi connectivity index (χ0v) is 10.9. The SMILES string of the molecule is CCOCCN(CC)CCCC(C)(C)N. The second-order valence-corrected chi connectivity index (χ2v) is 4.72.